The topological polar surface area (TPSA) is 85.9 Å². The molecule has 174 valence electrons. The molecule has 0 aliphatic heterocycles. The normalized spacial score (nSPS) is 13.1. The minimum atomic E-state index is -5.18. The first-order chi connectivity index (χ1) is 15.2. The highest BCUT2D eigenvalue weighted by molar-refractivity contribution is 5.98. The van der Waals surface area contributed by atoms with Gasteiger partial charge in [0.25, 0.3) is 11.6 Å². The van der Waals surface area contributed by atoms with E-state index in [1.54, 1.807) is 29.6 Å². The van der Waals surface area contributed by atoms with Crippen molar-refractivity contribution in [2.75, 3.05) is 27.4 Å². The molecule has 0 heterocycles. The number of alkyl halides is 3. The van der Waals surface area contributed by atoms with E-state index < -0.39 is 23.7 Å². The standard InChI is InChI=1S/C22H25F3N2O5/c1-4-32-20(29)21(22(23,24)25,26-14-13-15-5-9-17(30-2)10-6-15)27-19(28)16-7-11-18(31-3)12-8-16/h5-12,26H,4,13-14H2,1-3H3,(H,27,28)/t21-/m1/s1. The number of rotatable bonds is 10. The lowest BCUT2D eigenvalue weighted by Crippen LogP contribution is -2.73. The summed E-state index contributed by atoms with van der Waals surface area (Å²) in [5.41, 5.74) is -2.80. The first-order valence-electron chi connectivity index (χ1n) is 9.75. The van der Waals surface area contributed by atoms with Crippen LogP contribution in [0.5, 0.6) is 11.5 Å². The quantitative estimate of drug-likeness (QED) is 0.424. The molecule has 2 aromatic rings. The predicted molar refractivity (Wildman–Crippen MR) is 111 cm³/mol. The average Bonchev–Trinajstić information content (AvgIpc) is 2.78. The Bertz CT molecular complexity index is 901. The van der Waals surface area contributed by atoms with Crippen molar-refractivity contribution in [3.63, 3.8) is 0 Å². The van der Waals surface area contributed by atoms with Crippen molar-refractivity contribution in [2.45, 2.75) is 25.2 Å². The Hall–Kier alpha value is -3.27. The molecule has 0 saturated heterocycles. The van der Waals surface area contributed by atoms with E-state index >= 15 is 0 Å². The molecule has 7 nitrogen and oxygen atoms in total. The van der Waals surface area contributed by atoms with Crippen LogP contribution in [0, 0.1) is 0 Å². The van der Waals surface area contributed by atoms with Gasteiger partial charge in [-0.05, 0) is 55.3 Å². The van der Waals surface area contributed by atoms with Gasteiger partial charge in [-0.2, -0.15) is 13.2 Å². The molecule has 32 heavy (non-hydrogen) atoms. The number of carbonyl (C=O) groups excluding carboxylic acids is 2. The van der Waals surface area contributed by atoms with Gasteiger partial charge in [-0.25, -0.2) is 4.79 Å². The number of hydrogen-bond donors (Lipinski definition) is 2. The highest BCUT2D eigenvalue weighted by Crippen LogP contribution is 2.30. The van der Waals surface area contributed by atoms with E-state index in [0.29, 0.717) is 17.1 Å². The van der Waals surface area contributed by atoms with Crippen molar-refractivity contribution in [1.82, 2.24) is 10.6 Å². The van der Waals surface area contributed by atoms with Crippen LogP contribution in [0.1, 0.15) is 22.8 Å². The van der Waals surface area contributed by atoms with Crippen LogP contribution in [0.4, 0.5) is 13.2 Å². The molecular formula is C22H25F3N2O5. The van der Waals surface area contributed by atoms with Gasteiger partial charge in [0.1, 0.15) is 11.5 Å². The number of amides is 1. The van der Waals surface area contributed by atoms with Gasteiger partial charge in [-0.15, -0.1) is 0 Å². The van der Waals surface area contributed by atoms with Crippen molar-refractivity contribution in [3.05, 3.63) is 59.7 Å². The first-order valence-corrected chi connectivity index (χ1v) is 9.75. The lowest BCUT2D eigenvalue weighted by atomic mass is 10.1. The fourth-order valence-electron chi connectivity index (χ4n) is 2.86. The van der Waals surface area contributed by atoms with E-state index in [1.165, 1.54) is 45.4 Å². The minimum absolute atomic E-state index is 0.0827. The maximum Gasteiger partial charge on any atom is 0.436 e. The predicted octanol–water partition coefficient (Wildman–Crippen LogP) is 3.09. The summed E-state index contributed by atoms with van der Waals surface area (Å²) in [4.78, 5) is 25.1. The molecule has 2 rings (SSSR count). The number of benzene rings is 2. The van der Waals surface area contributed by atoms with Crippen molar-refractivity contribution in [1.29, 1.82) is 0 Å². The molecule has 1 amide bonds. The average molecular weight is 454 g/mol. The van der Waals surface area contributed by atoms with Gasteiger partial charge in [-0.3, -0.25) is 10.1 Å². The fourth-order valence-corrected chi connectivity index (χ4v) is 2.86. The number of carbonyl (C=O) groups is 2. The van der Waals surface area contributed by atoms with Gasteiger partial charge in [0, 0.05) is 12.1 Å². The zero-order chi connectivity index (χ0) is 23.8. The molecule has 0 aromatic heterocycles. The second kappa shape index (κ2) is 10.9. The second-order valence-corrected chi connectivity index (χ2v) is 6.68. The van der Waals surface area contributed by atoms with Crippen LogP contribution >= 0.6 is 0 Å². The Morgan fingerprint density at radius 1 is 0.906 bits per heavy atom. The first kappa shape index (κ1) is 25.0. The summed E-state index contributed by atoms with van der Waals surface area (Å²) in [5, 5.41) is 3.97. The van der Waals surface area contributed by atoms with Gasteiger partial charge in [0.05, 0.1) is 20.8 Å². The summed E-state index contributed by atoms with van der Waals surface area (Å²) < 4.78 is 57.2. The third-order valence-corrected chi connectivity index (χ3v) is 4.62. The van der Waals surface area contributed by atoms with Gasteiger partial charge in [-0.1, -0.05) is 12.1 Å². The maximum absolute atomic E-state index is 14.2. The number of nitrogens with one attached hydrogen (secondary N) is 2. The van der Waals surface area contributed by atoms with Crippen LogP contribution in [0.15, 0.2) is 48.5 Å². The second-order valence-electron chi connectivity index (χ2n) is 6.68. The summed E-state index contributed by atoms with van der Waals surface area (Å²) in [6, 6.07) is 12.1. The molecule has 0 unspecified atom stereocenters. The van der Waals surface area contributed by atoms with E-state index in [-0.39, 0.29) is 25.1 Å². The van der Waals surface area contributed by atoms with Crippen LogP contribution in [-0.4, -0.2) is 51.1 Å². The SMILES string of the molecule is CCOC(=O)[C@@](NCCc1ccc(OC)cc1)(NC(=O)c1ccc(OC)cc1)C(F)(F)F. The zero-order valence-electron chi connectivity index (χ0n) is 17.9. The summed E-state index contributed by atoms with van der Waals surface area (Å²) in [7, 11) is 2.91. The van der Waals surface area contributed by atoms with Crippen LogP contribution in [0.2, 0.25) is 0 Å². The Morgan fingerprint density at radius 2 is 1.44 bits per heavy atom. The number of hydrogen-bond acceptors (Lipinski definition) is 6. The number of esters is 1. The number of methoxy groups -OCH3 is 2. The summed E-state index contributed by atoms with van der Waals surface area (Å²) in [6.45, 7) is 0.810. The lowest BCUT2D eigenvalue weighted by Gasteiger charge is -2.35. The van der Waals surface area contributed by atoms with Crippen molar-refractivity contribution < 1.29 is 37.0 Å². The molecular weight excluding hydrogens is 429 g/mol. The van der Waals surface area contributed by atoms with Crippen LogP contribution in [0.3, 0.4) is 0 Å². The number of halogens is 3. The monoisotopic (exact) mass is 454 g/mol. The van der Waals surface area contributed by atoms with Gasteiger partial charge >= 0.3 is 12.1 Å². The molecule has 1 atom stereocenters. The molecule has 0 spiro atoms. The Labute approximate surface area is 183 Å². The molecule has 0 bridgehead atoms. The third kappa shape index (κ3) is 5.91. The van der Waals surface area contributed by atoms with E-state index in [0.717, 1.165) is 0 Å². The largest absolute Gasteiger partial charge is 0.497 e. The molecule has 10 heteroatoms. The van der Waals surface area contributed by atoms with Crippen LogP contribution in [-0.2, 0) is 16.0 Å². The summed E-state index contributed by atoms with van der Waals surface area (Å²) >= 11 is 0. The van der Waals surface area contributed by atoms with E-state index in [1.807, 2.05) is 0 Å². The third-order valence-electron chi connectivity index (χ3n) is 4.62. The molecule has 0 aliphatic rings. The Balaban J connectivity index is 2.27. The van der Waals surface area contributed by atoms with Crippen LogP contribution in [0.25, 0.3) is 0 Å². The molecule has 0 aliphatic carbocycles. The van der Waals surface area contributed by atoms with Crippen molar-refractivity contribution in [2.24, 2.45) is 0 Å². The Kier molecular flexibility index (Phi) is 8.48. The number of ether oxygens (including phenoxy) is 3. The zero-order valence-corrected chi connectivity index (χ0v) is 17.9. The van der Waals surface area contributed by atoms with E-state index in [4.69, 9.17) is 9.47 Å². The molecule has 2 aromatic carbocycles. The van der Waals surface area contributed by atoms with Gasteiger partial charge in [0.15, 0.2) is 0 Å². The van der Waals surface area contributed by atoms with Crippen LogP contribution < -0.4 is 20.1 Å². The van der Waals surface area contributed by atoms with E-state index in [9.17, 15) is 22.8 Å². The smallest absolute Gasteiger partial charge is 0.436 e. The Morgan fingerprint density at radius 3 is 1.91 bits per heavy atom. The molecule has 0 fully saturated rings. The van der Waals surface area contributed by atoms with E-state index in [2.05, 4.69) is 10.1 Å². The van der Waals surface area contributed by atoms with Crippen molar-refractivity contribution >= 4 is 11.9 Å². The van der Waals surface area contributed by atoms with Gasteiger partial charge < -0.3 is 19.5 Å². The lowest BCUT2D eigenvalue weighted by molar-refractivity contribution is -0.218. The fraction of sp³-hybridized carbons (Fsp3) is 0.364. The van der Waals surface area contributed by atoms with Crippen molar-refractivity contribution in [3.8, 4) is 11.5 Å². The minimum Gasteiger partial charge on any atom is -0.497 e. The summed E-state index contributed by atoms with van der Waals surface area (Å²) in [6.07, 6.45) is -5.03. The van der Waals surface area contributed by atoms with Gasteiger partial charge in [0.2, 0.25) is 0 Å². The highest BCUT2D eigenvalue weighted by Gasteiger charge is 2.63. The maximum atomic E-state index is 14.2. The summed E-state index contributed by atoms with van der Waals surface area (Å²) in [5.74, 6) is -1.73. The highest BCUT2D eigenvalue weighted by atomic mass is 19.4. The molecule has 0 radical (unpaired) electrons. The molecule has 0 saturated carbocycles. The molecule has 2 N–H and O–H groups in total.